The third kappa shape index (κ3) is 2.91. The van der Waals surface area contributed by atoms with E-state index >= 15 is 0 Å². The van der Waals surface area contributed by atoms with Crippen LogP contribution in [0, 0.1) is 12.8 Å². The Kier molecular flexibility index (Phi) is 4.01. The average Bonchev–Trinajstić information content (AvgIpc) is 3.23. The first-order chi connectivity index (χ1) is 12.2. The highest BCUT2D eigenvalue weighted by Crippen LogP contribution is 2.27. The number of nitrogens with zero attached hydrogens (tertiary/aromatic N) is 4. The van der Waals surface area contributed by atoms with Crippen LogP contribution >= 0.6 is 0 Å². The molecule has 2 aromatic heterocycles. The molecule has 0 radical (unpaired) electrons. The molecule has 6 heteroatoms. The zero-order valence-corrected chi connectivity index (χ0v) is 13.9. The lowest BCUT2D eigenvalue weighted by Crippen LogP contribution is -2.15. The van der Waals surface area contributed by atoms with Crippen LogP contribution < -0.4 is 0 Å². The SMILES string of the molecule is Cc1ccccc1-n1c(CC2CCOC2=O)nnc1-c1cccnc1. The number of ether oxygens (including phenoxy) is 1. The lowest BCUT2D eigenvalue weighted by atomic mass is 10.0. The average molecular weight is 334 g/mol. The zero-order chi connectivity index (χ0) is 17.2. The number of benzene rings is 1. The van der Waals surface area contributed by atoms with E-state index in [1.54, 1.807) is 12.4 Å². The summed E-state index contributed by atoms with van der Waals surface area (Å²) >= 11 is 0. The summed E-state index contributed by atoms with van der Waals surface area (Å²) in [6, 6.07) is 11.9. The second-order valence-corrected chi connectivity index (χ2v) is 6.16. The fourth-order valence-corrected chi connectivity index (χ4v) is 3.14. The van der Waals surface area contributed by atoms with Crippen LogP contribution in [-0.4, -0.2) is 32.3 Å². The van der Waals surface area contributed by atoms with E-state index in [-0.39, 0.29) is 11.9 Å². The van der Waals surface area contributed by atoms with Crippen LogP contribution in [0.1, 0.15) is 17.8 Å². The smallest absolute Gasteiger partial charge is 0.309 e. The predicted molar refractivity (Wildman–Crippen MR) is 92.1 cm³/mol. The highest BCUT2D eigenvalue weighted by molar-refractivity contribution is 5.74. The number of esters is 1. The Bertz CT molecular complexity index is 905. The van der Waals surface area contributed by atoms with Crippen LogP contribution in [0.15, 0.2) is 48.8 Å². The van der Waals surface area contributed by atoms with E-state index in [2.05, 4.69) is 28.2 Å². The topological polar surface area (TPSA) is 69.9 Å². The minimum atomic E-state index is -0.159. The first-order valence-corrected chi connectivity index (χ1v) is 8.31. The van der Waals surface area contributed by atoms with Crippen molar-refractivity contribution in [2.45, 2.75) is 19.8 Å². The molecule has 1 aliphatic heterocycles. The van der Waals surface area contributed by atoms with Crippen LogP contribution in [0.4, 0.5) is 0 Å². The van der Waals surface area contributed by atoms with Crippen molar-refractivity contribution in [3.63, 3.8) is 0 Å². The van der Waals surface area contributed by atoms with Crippen LogP contribution in [0.25, 0.3) is 17.1 Å². The number of rotatable bonds is 4. The Labute approximate surface area is 145 Å². The van der Waals surface area contributed by atoms with E-state index in [1.165, 1.54) is 0 Å². The van der Waals surface area contributed by atoms with Crippen molar-refractivity contribution in [2.24, 2.45) is 5.92 Å². The van der Waals surface area contributed by atoms with Crippen molar-refractivity contribution in [2.75, 3.05) is 6.61 Å². The third-order valence-electron chi connectivity index (χ3n) is 4.48. The molecule has 25 heavy (non-hydrogen) atoms. The number of cyclic esters (lactones) is 1. The van der Waals surface area contributed by atoms with Crippen molar-refractivity contribution < 1.29 is 9.53 Å². The van der Waals surface area contributed by atoms with Crippen LogP contribution in [0.2, 0.25) is 0 Å². The molecule has 1 fully saturated rings. The number of carbonyl (C=O) groups excluding carboxylic acids is 1. The maximum Gasteiger partial charge on any atom is 0.309 e. The summed E-state index contributed by atoms with van der Waals surface area (Å²) in [7, 11) is 0. The molecule has 3 aromatic rings. The summed E-state index contributed by atoms with van der Waals surface area (Å²) in [6.07, 6.45) is 4.74. The Balaban J connectivity index is 1.83. The van der Waals surface area contributed by atoms with Gasteiger partial charge in [-0.15, -0.1) is 10.2 Å². The minimum Gasteiger partial charge on any atom is -0.465 e. The standard InChI is InChI=1S/C19H18N4O2/c1-13-5-2-3-7-16(13)23-17(11-14-8-10-25-19(14)24)21-22-18(23)15-6-4-9-20-12-15/h2-7,9,12,14H,8,10-11H2,1H3. The number of aryl methyl sites for hydroxylation is 1. The number of hydrogen-bond donors (Lipinski definition) is 0. The molecular weight excluding hydrogens is 316 g/mol. The van der Waals surface area contributed by atoms with Gasteiger partial charge in [-0.3, -0.25) is 14.3 Å². The van der Waals surface area contributed by atoms with E-state index in [0.717, 1.165) is 34.9 Å². The van der Waals surface area contributed by atoms with Crippen LogP contribution in [-0.2, 0) is 16.0 Å². The maximum atomic E-state index is 11.9. The van der Waals surface area contributed by atoms with Gasteiger partial charge in [-0.1, -0.05) is 18.2 Å². The highest BCUT2D eigenvalue weighted by atomic mass is 16.5. The molecule has 0 amide bonds. The largest absolute Gasteiger partial charge is 0.465 e. The van der Waals surface area contributed by atoms with Crippen LogP contribution in [0.3, 0.4) is 0 Å². The summed E-state index contributed by atoms with van der Waals surface area (Å²) in [5.74, 6) is 1.18. The van der Waals surface area contributed by atoms with Gasteiger partial charge in [0, 0.05) is 24.4 Å². The normalized spacial score (nSPS) is 16.8. The van der Waals surface area contributed by atoms with Crippen molar-refractivity contribution >= 4 is 5.97 Å². The molecule has 126 valence electrons. The minimum absolute atomic E-state index is 0.151. The summed E-state index contributed by atoms with van der Waals surface area (Å²) in [4.78, 5) is 16.1. The monoisotopic (exact) mass is 334 g/mol. The predicted octanol–water partition coefficient (Wildman–Crippen LogP) is 2.74. The Morgan fingerprint density at radius 2 is 2.08 bits per heavy atom. The number of carbonyl (C=O) groups is 1. The summed E-state index contributed by atoms with van der Waals surface area (Å²) in [5.41, 5.74) is 3.01. The summed E-state index contributed by atoms with van der Waals surface area (Å²) in [6.45, 7) is 2.54. The van der Waals surface area contributed by atoms with Gasteiger partial charge in [-0.05, 0) is 37.1 Å². The molecule has 0 saturated carbocycles. The van der Waals surface area contributed by atoms with Crippen molar-refractivity contribution in [1.29, 1.82) is 0 Å². The van der Waals surface area contributed by atoms with E-state index in [9.17, 15) is 4.79 Å². The number of hydrogen-bond acceptors (Lipinski definition) is 5. The fraction of sp³-hybridized carbons (Fsp3) is 0.263. The fourth-order valence-electron chi connectivity index (χ4n) is 3.14. The van der Waals surface area contributed by atoms with Crippen LogP contribution in [0.5, 0.6) is 0 Å². The van der Waals surface area contributed by atoms with Gasteiger partial charge < -0.3 is 4.74 Å². The molecule has 0 aliphatic carbocycles. The summed E-state index contributed by atoms with van der Waals surface area (Å²) in [5, 5.41) is 8.78. The van der Waals surface area contributed by atoms with Crippen molar-refractivity contribution in [3.8, 4) is 17.1 Å². The van der Waals surface area contributed by atoms with Gasteiger partial charge in [-0.2, -0.15) is 0 Å². The van der Waals surface area contributed by atoms with Gasteiger partial charge in [0.25, 0.3) is 0 Å². The molecule has 1 atom stereocenters. The Hall–Kier alpha value is -3.02. The Morgan fingerprint density at radius 3 is 2.80 bits per heavy atom. The molecule has 1 saturated heterocycles. The Morgan fingerprint density at radius 1 is 1.20 bits per heavy atom. The molecule has 0 N–H and O–H groups in total. The lowest BCUT2D eigenvalue weighted by Gasteiger charge is -2.14. The second kappa shape index (κ2) is 6.47. The first kappa shape index (κ1) is 15.5. The molecule has 1 aromatic carbocycles. The number of para-hydroxylation sites is 1. The van der Waals surface area contributed by atoms with E-state index in [4.69, 9.17) is 4.74 Å². The molecule has 6 nitrogen and oxygen atoms in total. The van der Waals surface area contributed by atoms with Gasteiger partial charge >= 0.3 is 5.97 Å². The van der Waals surface area contributed by atoms with Gasteiger partial charge in [0.15, 0.2) is 5.82 Å². The van der Waals surface area contributed by atoms with Gasteiger partial charge in [0.1, 0.15) is 5.82 Å². The third-order valence-corrected chi connectivity index (χ3v) is 4.48. The van der Waals surface area contributed by atoms with Gasteiger partial charge in [-0.25, -0.2) is 0 Å². The highest BCUT2D eigenvalue weighted by Gasteiger charge is 2.29. The lowest BCUT2D eigenvalue weighted by molar-refractivity contribution is -0.141. The second-order valence-electron chi connectivity index (χ2n) is 6.16. The molecule has 0 spiro atoms. The quantitative estimate of drug-likeness (QED) is 0.686. The van der Waals surface area contributed by atoms with E-state index in [0.29, 0.717) is 13.0 Å². The van der Waals surface area contributed by atoms with Crippen molar-refractivity contribution in [3.05, 3.63) is 60.2 Å². The maximum absolute atomic E-state index is 11.9. The zero-order valence-electron chi connectivity index (χ0n) is 13.9. The van der Waals surface area contributed by atoms with Crippen molar-refractivity contribution in [1.82, 2.24) is 19.7 Å². The first-order valence-electron chi connectivity index (χ1n) is 8.31. The molecule has 3 heterocycles. The number of aromatic nitrogens is 4. The van der Waals surface area contributed by atoms with E-state index < -0.39 is 0 Å². The van der Waals surface area contributed by atoms with Gasteiger partial charge in [0.2, 0.25) is 0 Å². The molecular formula is C19H18N4O2. The summed E-state index contributed by atoms with van der Waals surface area (Å²) < 4.78 is 7.12. The number of pyridine rings is 1. The molecule has 1 unspecified atom stereocenters. The molecule has 1 aliphatic rings. The van der Waals surface area contributed by atoms with E-state index in [1.807, 2.05) is 34.9 Å². The molecule has 4 rings (SSSR count). The van der Waals surface area contributed by atoms with Gasteiger partial charge in [0.05, 0.1) is 18.2 Å². The molecule has 0 bridgehead atoms.